The number of thioether (sulfide) groups is 1. The van der Waals surface area contributed by atoms with E-state index in [1.165, 1.54) is 0 Å². The number of aryl methyl sites for hydroxylation is 1. The second kappa shape index (κ2) is 11.6. The van der Waals surface area contributed by atoms with Gasteiger partial charge in [-0.2, -0.15) is 16.5 Å². The maximum Gasteiger partial charge on any atom is 0.241 e. The van der Waals surface area contributed by atoms with Crippen LogP contribution in [0.5, 0.6) is 0 Å². The van der Waals surface area contributed by atoms with Crippen LogP contribution in [0.1, 0.15) is 17.5 Å². The minimum atomic E-state index is -3.80. The first-order valence-electron chi connectivity index (χ1n) is 10.5. The van der Waals surface area contributed by atoms with Gasteiger partial charge >= 0.3 is 0 Å². The van der Waals surface area contributed by atoms with Gasteiger partial charge in [-0.1, -0.05) is 17.7 Å². The Bertz CT molecular complexity index is 993. The van der Waals surface area contributed by atoms with Gasteiger partial charge in [-0.3, -0.25) is 4.79 Å². The summed E-state index contributed by atoms with van der Waals surface area (Å²) in [5.41, 5.74) is 1.87. The third-order valence-corrected chi connectivity index (χ3v) is 7.30. The molecule has 32 heavy (non-hydrogen) atoms. The maximum atomic E-state index is 12.9. The van der Waals surface area contributed by atoms with Crippen molar-refractivity contribution in [2.24, 2.45) is 0 Å². The molecule has 1 fully saturated rings. The van der Waals surface area contributed by atoms with E-state index in [9.17, 15) is 13.2 Å². The Morgan fingerprint density at radius 3 is 2.62 bits per heavy atom. The fraction of sp³-hybridized carbons (Fsp3) is 0.455. The highest BCUT2D eigenvalue weighted by Gasteiger charge is 2.25. The minimum absolute atomic E-state index is 0.148. The molecule has 3 rings (SSSR count). The number of benzene rings is 1. The van der Waals surface area contributed by atoms with Crippen molar-refractivity contribution < 1.29 is 17.9 Å². The van der Waals surface area contributed by atoms with Crippen LogP contribution in [0.4, 0.5) is 5.82 Å². The van der Waals surface area contributed by atoms with E-state index in [-0.39, 0.29) is 10.8 Å². The number of hydrogen-bond acceptors (Lipinski definition) is 7. The molecule has 10 heteroatoms. The molecule has 174 valence electrons. The molecule has 2 aromatic rings. The molecule has 1 saturated heterocycles. The molecule has 0 bridgehead atoms. The molecule has 1 aliphatic rings. The molecule has 1 aliphatic heterocycles. The summed E-state index contributed by atoms with van der Waals surface area (Å²) in [7, 11) is -3.80. The van der Waals surface area contributed by atoms with Gasteiger partial charge in [-0.15, -0.1) is 0 Å². The molecular formula is C22H30N4O4S2. The Balaban J connectivity index is 1.65. The molecule has 0 radical (unpaired) electrons. The van der Waals surface area contributed by atoms with Crippen molar-refractivity contribution in [2.75, 3.05) is 43.2 Å². The predicted octanol–water partition coefficient (Wildman–Crippen LogP) is 1.94. The quantitative estimate of drug-likeness (QED) is 0.538. The number of carbonyl (C=O) groups is 1. The molecule has 1 aromatic heterocycles. The molecule has 1 aromatic carbocycles. The number of sulfonamides is 1. The second-order valence-corrected chi connectivity index (χ2v) is 10.3. The van der Waals surface area contributed by atoms with Crippen molar-refractivity contribution in [2.45, 2.75) is 30.8 Å². The van der Waals surface area contributed by atoms with Crippen LogP contribution < -0.4 is 14.9 Å². The molecule has 0 saturated carbocycles. The third-order valence-electron chi connectivity index (χ3n) is 5.17. The van der Waals surface area contributed by atoms with Crippen LogP contribution in [-0.4, -0.2) is 63.7 Å². The zero-order valence-corrected chi connectivity index (χ0v) is 20.0. The molecule has 8 nitrogen and oxygen atoms in total. The molecule has 0 aliphatic carbocycles. The number of hydrogen-bond donors (Lipinski definition) is 2. The highest BCUT2D eigenvalue weighted by Crippen LogP contribution is 2.15. The highest BCUT2D eigenvalue weighted by molar-refractivity contribution is 7.98. The minimum Gasteiger partial charge on any atom is -0.378 e. The fourth-order valence-corrected chi connectivity index (χ4v) is 5.00. The second-order valence-electron chi connectivity index (χ2n) is 7.61. The smallest absolute Gasteiger partial charge is 0.241 e. The van der Waals surface area contributed by atoms with Crippen molar-refractivity contribution >= 4 is 33.5 Å². The monoisotopic (exact) mass is 478 g/mol. The van der Waals surface area contributed by atoms with Gasteiger partial charge in [0, 0.05) is 25.8 Å². The van der Waals surface area contributed by atoms with Crippen molar-refractivity contribution in [3.8, 4) is 0 Å². The highest BCUT2D eigenvalue weighted by atomic mass is 32.2. The number of rotatable bonds is 10. The summed E-state index contributed by atoms with van der Waals surface area (Å²) < 4.78 is 33.5. The van der Waals surface area contributed by atoms with E-state index >= 15 is 0 Å². The first-order chi connectivity index (χ1) is 15.4. The lowest BCUT2D eigenvalue weighted by Gasteiger charge is -2.28. The topological polar surface area (TPSA) is 101 Å². The Morgan fingerprint density at radius 2 is 1.94 bits per heavy atom. The number of pyridine rings is 1. The van der Waals surface area contributed by atoms with Crippen LogP contribution >= 0.6 is 11.8 Å². The van der Waals surface area contributed by atoms with E-state index in [4.69, 9.17) is 4.74 Å². The Morgan fingerprint density at radius 1 is 1.22 bits per heavy atom. The van der Waals surface area contributed by atoms with Crippen molar-refractivity contribution in [3.05, 3.63) is 53.7 Å². The van der Waals surface area contributed by atoms with Crippen LogP contribution in [0.15, 0.2) is 47.5 Å². The number of morpholine rings is 1. The lowest BCUT2D eigenvalue weighted by atomic mass is 10.2. The SMILES string of the molecule is CSCC[C@H](NS(=O)(=O)c1ccc(C)cc1)C(=O)NCc1ccnc(N2CCOCC2)c1. The van der Waals surface area contributed by atoms with E-state index < -0.39 is 16.1 Å². The number of nitrogens with one attached hydrogen (secondary N) is 2. The van der Waals surface area contributed by atoms with E-state index in [1.54, 1.807) is 42.2 Å². The summed E-state index contributed by atoms with van der Waals surface area (Å²) in [6.45, 7) is 5.07. The summed E-state index contributed by atoms with van der Waals surface area (Å²) in [4.78, 5) is 19.6. The van der Waals surface area contributed by atoms with Gasteiger partial charge in [0.05, 0.1) is 18.1 Å². The van der Waals surface area contributed by atoms with Crippen LogP contribution in [0.25, 0.3) is 0 Å². The molecular weight excluding hydrogens is 448 g/mol. The van der Waals surface area contributed by atoms with Gasteiger partial charge in [-0.05, 0) is 55.2 Å². The van der Waals surface area contributed by atoms with Crippen molar-refractivity contribution in [3.63, 3.8) is 0 Å². The predicted molar refractivity (Wildman–Crippen MR) is 127 cm³/mol. The van der Waals surface area contributed by atoms with Gasteiger partial charge in [0.2, 0.25) is 15.9 Å². The van der Waals surface area contributed by atoms with Crippen LogP contribution in [0.3, 0.4) is 0 Å². The summed E-state index contributed by atoms with van der Waals surface area (Å²) in [6.07, 6.45) is 4.04. The Labute approximate surface area is 194 Å². The summed E-state index contributed by atoms with van der Waals surface area (Å²) >= 11 is 1.56. The molecule has 2 N–H and O–H groups in total. The van der Waals surface area contributed by atoms with E-state index in [1.807, 2.05) is 25.3 Å². The standard InChI is InChI=1S/C22H30N4O4S2/c1-17-3-5-19(6-4-17)32(28,29)25-20(8-14-31-2)22(27)24-16-18-7-9-23-21(15-18)26-10-12-30-13-11-26/h3-7,9,15,20,25H,8,10-14,16H2,1-2H3,(H,24,27)/t20-/m0/s1. The molecule has 1 amide bonds. The first kappa shape index (κ1) is 24.5. The van der Waals surface area contributed by atoms with Gasteiger partial charge < -0.3 is 15.0 Å². The Hall–Kier alpha value is -2.14. The number of amides is 1. The molecule has 0 spiro atoms. The van der Waals surface area contributed by atoms with Gasteiger partial charge in [0.25, 0.3) is 0 Å². The van der Waals surface area contributed by atoms with Crippen molar-refractivity contribution in [1.29, 1.82) is 0 Å². The van der Waals surface area contributed by atoms with Crippen LogP contribution in [0.2, 0.25) is 0 Å². The summed E-state index contributed by atoms with van der Waals surface area (Å²) in [5.74, 6) is 1.16. The number of ether oxygens (including phenoxy) is 1. The lowest BCUT2D eigenvalue weighted by molar-refractivity contribution is -0.122. The first-order valence-corrected chi connectivity index (χ1v) is 13.4. The van der Waals surface area contributed by atoms with Gasteiger partial charge in [0.15, 0.2) is 0 Å². The summed E-state index contributed by atoms with van der Waals surface area (Å²) in [6, 6.07) is 9.50. The third kappa shape index (κ3) is 6.93. The van der Waals surface area contributed by atoms with Crippen LogP contribution in [-0.2, 0) is 26.1 Å². The van der Waals surface area contributed by atoms with E-state index in [0.29, 0.717) is 31.9 Å². The van der Waals surface area contributed by atoms with Gasteiger partial charge in [0.1, 0.15) is 11.9 Å². The average molecular weight is 479 g/mol. The number of anilines is 1. The number of aromatic nitrogens is 1. The number of nitrogens with zero attached hydrogens (tertiary/aromatic N) is 2. The van der Waals surface area contributed by atoms with Crippen molar-refractivity contribution in [1.82, 2.24) is 15.0 Å². The maximum absolute atomic E-state index is 12.9. The van der Waals surface area contributed by atoms with Gasteiger partial charge in [-0.25, -0.2) is 13.4 Å². The zero-order chi connectivity index (χ0) is 23.0. The fourth-order valence-electron chi connectivity index (χ4n) is 3.30. The zero-order valence-electron chi connectivity index (χ0n) is 18.4. The summed E-state index contributed by atoms with van der Waals surface area (Å²) in [5, 5.41) is 2.88. The molecule has 1 atom stereocenters. The van der Waals surface area contributed by atoms with E-state index in [2.05, 4.69) is 19.9 Å². The number of carbonyl (C=O) groups excluding carboxylic acids is 1. The lowest BCUT2D eigenvalue weighted by Crippen LogP contribution is -2.46. The Kier molecular flexibility index (Phi) is 8.92. The molecule has 0 unspecified atom stereocenters. The normalized spacial score (nSPS) is 15.4. The average Bonchev–Trinajstić information content (AvgIpc) is 2.81. The largest absolute Gasteiger partial charge is 0.378 e. The van der Waals surface area contributed by atoms with Crippen LogP contribution in [0, 0.1) is 6.92 Å². The molecule has 2 heterocycles. The van der Waals surface area contributed by atoms with E-state index in [0.717, 1.165) is 30.0 Å².